The molecule has 0 bridgehead atoms. The summed E-state index contributed by atoms with van der Waals surface area (Å²) in [7, 11) is 0. The van der Waals surface area contributed by atoms with Gasteiger partial charge in [-0.15, -0.1) is 0 Å². The predicted molar refractivity (Wildman–Crippen MR) is 98.7 cm³/mol. The number of allylic oxidation sites excluding steroid dienone is 2. The van der Waals surface area contributed by atoms with Gasteiger partial charge in [0.2, 0.25) is 0 Å². The van der Waals surface area contributed by atoms with Gasteiger partial charge in [-0.3, -0.25) is 0 Å². The van der Waals surface area contributed by atoms with Crippen molar-refractivity contribution in [3.05, 3.63) is 74.8 Å². The average Bonchev–Trinajstić information content (AvgIpc) is 3.03. The van der Waals surface area contributed by atoms with Crippen LogP contribution >= 0.6 is 23.2 Å². The van der Waals surface area contributed by atoms with Crippen LogP contribution in [0.2, 0.25) is 10.0 Å². The highest BCUT2D eigenvalue weighted by Gasteiger charge is 2.39. The molecule has 2 aliphatic rings. The molecule has 0 saturated heterocycles. The molecule has 0 amide bonds. The molecule has 3 heteroatoms. The van der Waals surface area contributed by atoms with Crippen LogP contribution in [0.15, 0.2) is 42.5 Å². The lowest BCUT2D eigenvalue weighted by molar-refractivity contribution is 0.425. The zero-order valence-electron chi connectivity index (χ0n) is 13.2. The third kappa shape index (κ3) is 2.29. The highest BCUT2D eigenvalue weighted by molar-refractivity contribution is 6.42. The van der Waals surface area contributed by atoms with Gasteiger partial charge in [0.1, 0.15) is 0 Å². The van der Waals surface area contributed by atoms with Crippen molar-refractivity contribution in [2.45, 2.75) is 32.2 Å². The number of fused-ring (bicyclic) bond motifs is 3. The fourth-order valence-corrected chi connectivity index (χ4v) is 4.41. The summed E-state index contributed by atoms with van der Waals surface area (Å²) in [4.78, 5) is 0. The van der Waals surface area contributed by atoms with Gasteiger partial charge in [0.25, 0.3) is 0 Å². The summed E-state index contributed by atoms with van der Waals surface area (Å²) < 4.78 is 0. The standard InChI is InChI=1S/C20H19Cl2N/c1-11-9-10-15-13-5-3-6-14(13)20(23-19(15)12(11)2)16-7-4-8-17(21)18(16)22/h3-5,7-10,13-14,20,23H,6H2,1-2H3/t13-,14+,20-/m0/s1. The van der Waals surface area contributed by atoms with Crippen LogP contribution in [0, 0.1) is 19.8 Å². The van der Waals surface area contributed by atoms with Crippen LogP contribution in [0.4, 0.5) is 5.69 Å². The monoisotopic (exact) mass is 343 g/mol. The van der Waals surface area contributed by atoms with Crippen molar-refractivity contribution >= 4 is 28.9 Å². The average molecular weight is 344 g/mol. The van der Waals surface area contributed by atoms with Crippen LogP contribution in [0.25, 0.3) is 0 Å². The third-order valence-corrected chi connectivity index (χ3v) is 6.22. The molecule has 2 aromatic carbocycles. The molecule has 118 valence electrons. The zero-order chi connectivity index (χ0) is 16.1. The number of benzene rings is 2. The van der Waals surface area contributed by atoms with E-state index < -0.39 is 0 Å². The summed E-state index contributed by atoms with van der Waals surface area (Å²) in [6.07, 6.45) is 5.72. The third-order valence-electron chi connectivity index (χ3n) is 5.38. The highest BCUT2D eigenvalue weighted by atomic mass is 35.5. The second kappa shape index (κ2) is 5.58. The van der Waals surface area contributed by atoms with E-state index in [9.17, 15) is 0 Å². The molecular weight excluding hydrogens is 325 g/mol. The Morgan fingerprint density at radius 2 is 1.87 bits per heavy atom. The molecule has 0 fully saturated rings. The number of rotatable bonds is 1. The Morgan fingerprint density at radius 1 is 1.04 bits per heavy atom. The smallest absolute Gasteiger partial charge is 0.0645 e. The van der Waals surface area contributed by atoms with E-state index in [2.05, 4.69) is 49.5 Å². The van der Waals surface area contributed by atoms with Crippen LogP contribution in [-0.4, -0.2) is 0 Å². The Kier molecular flexibility index (Phi) is 3.66. The van der Waals surface area contributed by atoms with E-state index in [0.717, 1.165) is 12.0 Å². The summed E-state index contributed by atoms with van der Waals surface area (Å²) >= 11 is 12.8. The topological polar surface area (TPSA) is 12.0 Å². The quantitative estimate of drug-likeness (QED) is 0.587. The molecule has 23 heavy (non-hydrogen) atoms. The zero-order valence-corrected chi connectivity index (χ0v) is 14.7. The summed E-state index contributed by atoms with van der Waals surface area (Å²) in [5.41, 5.74) is 6.40. The van der Waals surface area contributed by atoms with Gasteiger partial charge >= 0.3 is 0 Å². The van der Waals surface area contributed by atoms with E-state index in [1.165, 1.54) is 22.4 Å². The summed E-state index contributed by atoms with van der Waals surface area (Å²) in [6, 6.07) is 10.6. The molecule has 1 aliphatic heterocycles. The number of halogens is 2. The van der Waals surface area contributed by atoms with E-state index in [1.54, 1.807) is 0 Å². The molecule has 0 unspecified atom stereocenters. The lowest BCUT2D eigenvalue weighted by Gasteiger charge is -2.39. The fourth-order valence-electron chi connectivity index (χ4n) is 3.99. The summed E-state index contributed by atoms with van der Waals surface area (Å²) in [6.45, 7) is 4.35. The van der Waals surface area contributed by atoms with Crippen LogP contribution in [0.5, 0.6) is 0 Å². The molecule has 4 rings (SSSR count). The first-order valence-electron chi connectivity index (χ1n) is 8.05. The predicted octanol–water partition coefficient (Wildman–Crippen LogP) is 6.44. The molecule has 1 N–H and O–H groups in total. The Bertz CT molecular complexity index is 810. The SMILES string of the molecule is Cc1ccc2c(c1C)N[C@H](c1cccc(Cl)c1Cl)[C@@H]1CC=C[C@H]21. The van der Waals surface area contributed by atoms with Gasteiger partial charge in [0.15, 0.2) is 0 Å². The second-order valence-electron chi connectivity index (χ2n) is 6.59. The number of hydrogen-bond donors (Lipinski definition) is 1. The first kappa shape index (κ1) is 15.1. The Morgan fingerprint density at radius 3 is 2.70 bits per heavy atom. The minimum Gasteiger partial charge on any atom is -0.377 e. The van der Waals surface area contributed by atoms with Crippen LogP contribution in [0.1, 0.15) is 40.6 Å². The van der Waals surface area contributed by atoms with Gasteiger partial charge < -0.3 is 5.32 Å². The van der Waals surface area contributed by atoms with Gasteiger partial charge in [0, 0.05) is 11.6 Å². The summed E-state index contributed by atoms with van der Waals surface area (Å²) in [5, 5.41) is 5.08. The lowest BCUT2D eigenvalue weighted by Crippen LogP contribution is -2.30. The van der Waals surface area contributed by atoms with Gasteiger partial charge in [-0.05, 0) is 54.5 Å². The maximum Gasteiger partial charge on any atom is 0.0645 e. The van der Waals surface area contributed by atoms with Crippen molar-refractivity contribution in [2.75, 3.05) is 5.32 Å². The Labute approximate surface area is 147 Å². The van der Waals surface area contributed by atoms with Crippen molar-refractivity contribution in [1.82, 2.24) is 0 Å². The van der Waals surface area contributed by atoms with E-state index in [-0.39, 0.29) is 6.04 Å². The van der Waals surface area contributed by atoms with E-state index >= 15 is 0 Å². The van der Waals surface area contributed by atoms with Gasteiger partial charge in [-0.1, -0.05) is 59.6 Å². The van der Waals surface area contributed by atoms with Gasteiger partial charge in [-0.25, -0.2) is 0 Å². The maximum absolute atomic E-state index is 6.52. The maximum atomic E-state index is 6.52. The molecule has 0 aromatic heterocycles. The normalized spacial score (nSPS) is 25.0. The molecule has 0 spiro atoms. The molecule has 3 atom stereocenters. The number of aryl methyl sites for hydroxylation is 1. The molecule has 2 aromatic rings. The number of anilines is 1. The van der Waals surface area contributed by atoms with Crippen LogP contribution in [0.3, 0.4) is 0 Å². The lowest BCUT2D eigenvalue weighted by atomic mass is 9.76. The van der Waals surface area contributed by atoms with Crippen molar-refractivity contribution in [1.29, 1.82) is 0 Å². The molecule has 1 heterocycles. The minimum atomic E-state index is 0.189. The van der Waals surface area contributed by atoms with Crippen molar-refractivity contribution in [2.24, 2.45) is 5.92 Å². The second-order valence-corrected chi connectivity index (χ2v) is 7.38. The Hall–Kier alpha value is -1.44. The van der Waals surface area contributed by atoms with Gasteiger partial charge in [-0.2, -0.15) is 0 Å². The van der Waals surface area contributed by atoms with E-state index in [1.807, 2.05) is 12.1 Å². The first-order chi connectivity index (χ1) is 11.1. The first-order valence-corrected chi connectivity index (χ1v) is 8.80. The largest absolute Gasteiger partial charge is 0.377 e. The van der Waals surface area contributed by atoms with Gasteiger partial charge in [0.05, 0.1) is 16.1 Å². The van der Waals surface area contributed by atoms with Crippen molar-refractivity contribution in [3.8, 4) is 0 Å². The molecule has 0 radical (unpaired) electrons. The van der Waals surface area contributed by atoms with E-state index in [4.69, 9.17) is 23.2 Å². The molecule has 1 nitrogen and oxygen atoms in total. The number of nitrogens with one attached hydrogen (secondary N) is 1. The Balaban J connectivity index is 1.87. The van der Waals surface area contributed by atoms with Crippen LogP contribution in [-0.2, 0) is 0 Å². The molecular formula is C20H19Cl2N. The highest BCUT2D eigenvalue weighted by Crippen LogP contribution is 2.52. The number of hydrogen-bond acceptors (Lipinski definition) is 1. The summed E-state index contributed by atoms with van der Waals surface area (Å²) in [5.74, 6) is 0.936. The van der Waals surface area contributed by atoms with Crippen LogP contribution < -0.4 is 5.32 Å². The van der Waals surface area contributed by atoms with E-state index in [0.29, 0.717) is 21.9 Å². The van der Waals surface area contributed by atoms with Crippen molar-refractivity contribution in [3.63, 3.8) is 0 Å². The van der Waals surface area contributed by atoms with Crippen molar-refractivity contribution < 1.29 is 0 Å². The molecule has 0 saturated carbocycles. The fraction of sp³-hybridized carbons (Fsp3) is 0.300. The molecule has 1 aliphatic carbocycles. The minimum absolute atomic E-state index is 0.189.